The number of ether oxygens (including phenoxy) is 1. The second-order valence-electron chi connectivity index (χ2n) is 11.7. The minimum absolute atomic E-state index is 0.210. The highest BCUT2D eigenvalue weighted by molar-refractivity contribution is 7.15. The maximum Gasteiger partial charge on any atom is 0.410 e. The molecular formula is C27H40N6O3S. The zero-order chi connectivity index (χ0) is 26.8. The van der Waals surface area contributed by atoms with Crippen molar-refractivity contribution in [2.24, 2.45) is 11.3 Å². The number of thiazole rings is 1. The van der Waals surface area contributed by atoms with Gasteiger partial charge in [0.15, 0.2) is 5.13 Å². The van der Waals surface area contributed by atoms with E-state index in [4.69, 9.17) is 4.74 Å². The van der Waals surface area contributed by atoms with Crippen molar-refractivity contribution in [3.8, 4) is 0 Å². The molecule has 4 heterocycles. The Morgan fingerprint density at radius 2 is 1.89 bits per heavy atom. The van der Waals surface area contributed by atoms with Crippen LogP contribution in [0.2, 0.25) is 0 Å². The van der Waals surface area contributed by atoms with Gasteiger partial charge in [0.05, 0.1) is 0 Å². The number of carbonyl (C=O) groups is 2. The zero-order valence-electron chi connectivity index (χ0n) is 23.0. The van der Waals surface area contributed by atoms with Gasteiger partial charge in [-0.2, -0.15) is 0 Å². The van der Waals surface area contributed by atoms with Crippen molar-refractivity contribution in [3.63, 3.8) is 0 Å². The predicted molar refractivity (Wildman–Crippen MR) is 145 cm³/mol. The van der Waals surface area contributed by atoms with Crippen LogP contribution in [0.5, 0.6) is 0 Å². The molecular weight excluding hydrogens is 488 g/mol. The number of piperidine rings is 2. The minimum Gasteiger partial charge on any atom is -0.444 e. The Labute approximate surface area is 224 Å². The van der Waals surface area contributed by atoms with Crippen molar-refractivity contribution in [1.82, 2.24) is 24.8 Å². The van der Waals surface area contributed by atoms with Gasteiger partial charge in [-0.3, -0.25) is 4.79 Å². The summed E-state index contributed by atoms with van der Waals surface area (Å²) in [5.74, 6) is 2.04. The Bertz CT molecular complexity index is 1120. The molecule has 37 heavy (non-hydrogen) atoms. The Hall–Kier alpha value is -2.75. The molecule has 0 radical (unpaired) electrons. The third kappa shape index (κ3) is 7.18. The molecule has 0 bridgehead atoms. The normalized spacial score (nSPS) is 20.0. The zero-order valence-corrected chi connectivity index (χ0v) is 23.8. The van der Waals surface area contributed by atoms with Gasteiger partial charge in [0.1, 0.15) is 17.2 Å². The van der Waals surface area contributed by atoms with E-state index in [1.54, 1.807) is 16.2 Å². The molecule has 1 N–H and O–H groups in total. The highest BCUT2D eigenvalue weighted by atomic mass is 32.1. The minimum atomic E-state index is -0.518. The van der Waals surface area contributed by atoms with Crippen molar-refractivity contribution < 1.29 is 14.3 Å². The summed E-state index contributed by atoms with van der Waals surface area (Å²) >= 11 is 1.59. The summed E-state index contributed by atoms with van der Waals surface area (Å²) < 4.78 is 5.52. The van der Waals surface area contributed by atoms with Crippen molar-refractivity contribution in [2.45, 2.75) is 79.2 Å². The van der Waals surface area contributed by atoms with E-state index in [1.165, 1.54) is 0 Å². The quantitative estimate of drug-likeness (QED) is 0.575. The van der Waals surface area contributed by atoms with E-state index in [-0.39, 0.29) is 12.0 Å². The molecule has 2 aliphatic rings. The van der Waals surface area contributed by atoms with E-state index >= 15 is 0 Å². The fourth-order valence-corrected chi connectivity index (χ4v) is 5.81. The molecule has 202 valence electrons. The molecule has 2 aliphatic heterocycles. The molecule has 2 aromatic heterocycles. The van der Waals surface area contributed by atoms with Gasteiger partial charge in [-0.25, -0.2) is 19.7 Å². The van der Waals surface area contributed by atoms with Crippen molar-refractivity contribution in [2.75, 3.05) is 31.5 Å². The lowest BCUT2D eigenvalue weighted by Gasteiger charge is -2.43. The lowest BCUT2D eigenvalue weighted by atomic mass is 9.78. The van der Waals surface area contributed by atoms with Gasteiger partial charge in [0.2, 0.25) is 5.91 Å². The van der Waals surface area contributed by atoms with Gasteiger partial charge in [0.25, 0.3) is 0 Å². The number of nitrogens with one attached hydrogen (secondary N) is 1. The molecule has 1 atom stereocenters. The number of hydrogen-bond acceptors (Lipinski definition) is 8. The van der Waals surface area contributed by atoms with Gasteiger partial charge in [-0.15, -0.1) is 11.3 Å². The number of amides is 2. The van der Waals surface area contributed by atoms with Crippen molar-refractivity contribution in [3.05, 3.63) is 28.7 Å². The summed E-state index contributed by atoms with van der Waals surface area (Å²) in [5.41, 5.74) is 0.0176. The molecule has 2 saturated heterocycles. The van der Waals surface area contributed by atoms with Gasteiger partial charge in [-0.05, 0) is 72.6 Å². The highest BCUT2D eigenvalue weighted by Gasteiger charge is 2.42. The number of rotatable bonds is 5. The van der Waals surface area contributed by atoms with E-state index in [0.29, 0.717) is 31.8 Å². The van der Waals surface area contributed by atoms with Crippen LogP contribution in [-0.4, -0.2) is 68.5 Å². The molecule has 0 spiro atoms. The van der Waals surface area contributed by atoms with Crippen LogP contribution in [0.25, 0.3) is 0 Å². The van der Waals surface area contributed by atoms with E-state index in [9.17, 15) is 9.59 Å². The van der Waals surface area contributed by atoms with Crippen LogP contribution in [0.1, 0.15) is 69.8 Å². The molecule has 1 unspecified atom stereocenters. The summed E-state index contributed by atoms with van der Waals surface area (Å²) in [7, 11) is 0. The van der Waals surface area contributed by atoms with Crippen LogP contribution in [0.3, 0.4) is 0 Å². The van der Waals surface area contributed by atoms with Gasteiger partial charge in [-0.1, -0.05) is 6.92 Å². The maximum absolute atomic E-state index is 13.6. The van der Waals surface area contributed by atoms with E-state index in [2.05, 4.69) is 27.2 Å². The molecule has 0 saturated carbocycles. The highest BCUT2D eigenvalue weighted by Crippen LogP contribution is 2.35. The molecule has 0 aromatic carbocycles. The third-order valence-electron chi connectivity index (χ3n) is 7.09. The molecule has 2 aromatic rings. The van der Waals surface area contributed by atoms with E-state index in [0.717, 1.165) is 59.7 Å². The average molecular weight is 529 g/mol. The first-order chi connectivity index (χ1) is 17.4. The SMILES string of the molecule is Cc1nc(CC2CCCN(C(=O)C3(C)CCN(C(=O)OC(C)(C)C)CC3)C2)cc(Nc2ncc(C)s2)n1. The lowest BCUT2D eigenvalue weighted by Crippen LogP contribution is -2.52. The average Bonchev–Trinajstić information content (AvgIpc) is 3.22. The van der Waals surface area contributed by atoms with Crippen molar-refractivity contribution >= 4 is 34.3 Å². The summed E-state index contributed by atoms with van der Waals surface area (Å²) in [6.07, 6.45) is 5.73. The molecule has 0 aliphatic carbocycles. The van der Waals surface area contributed by atoms with Crippen LogP contribution in [-0.2, 0) is 16.0 Å². The molecule has 4 rings (SSSR count). The van der Waals surface area contributed by atoms with Gasteiger partial charge in [0, 0.05) is 54.4 Å². The number of hydrogen-bond donors (Lipinski definition) is 1. The standard InChI is InChI=1S/C27H40N6O3S/c1-18-16-28-24(37-18)31-22-15-21(29-19(2)30-22)14-20-8-7-11-33(17-20)23(34)27(6)9-12-32(13-10-27)25(35)36-26(3,4)5/h15-16,20H,7-14,17H2,1-6H3,(H,28,29,30,31). The van der Waals surface area contributed by atoms with E-state index in [1.807, 2.05) is 51.8 Å². The molecule has 2 fully saturated rings. The van der Waals surface area contributed by atoms with Gasteiger partial charge >= 0.3 is 6.09 Å². The van der Waals surface area contributed by atoms with Crippen LogP contribution in [0, 0.1) is 25.2 Å². The Morgan fingerprint density at radius 3 is 2.54 bits per heavy atom. The summed E-state index contributed by atoms with van der Waals surface area (Å²) in [5, 5.41) is 4.12. The molecule has 10 heteroatoms. The topological polar surface area (TPSA) is 101 Å². The van der Waals surface area contributed by atoms with Gasteiger partial charge < -0.3 is 19.9 Å². The van der Waals surface area contributed by atoms with Crippen LogP contribution in [0.4, 0.5) is 15.7 Å². The summed E-state index contributed by atoms with van der Waals surface area (Å²) in [6.45, 7) is 14.2. The lowest BCUT2D eigenvalue weighted by molar-refractivity contribution is -0.145. The van der Waals surface area contributed by atoms with E-state index < -0.39 is 11.0 Å². The molecule has 2 amide bonds. The first-order valence-electron chi connectivity index (χ1n) is 13.2. The third-order valence-corrected chi connectivity index (χ3v) is 7.91. The largest absolute Gasteiger partial charge is 0.444 e. The molecule has 9 nitrogen and oxygen atoms in total. The Kier molecular flexibility index (Phi) is 8.06. The predicted octanol–water partition coefficient (Wildman–Crippen LogP) is 5.11. The first kappa shape index (κ1) is 27.3. The second-order valence-corrected chi connectivity index (χ2v) is 12.9. The fraction of sp³-hybridized carbons (Fsp3) is 0.667. The first-order valence-corrected chi connectivity index (χ1v) is 14.0. The fourth-order valence-electron chi connectivity index (χ4n) is 5.14. The number of aryl methyl sites for hydroxylation is 2. The Balaban J connectivity index is 1.35. The summed E-state index contributed by atoms with van der Waals surface area (Å²) in [6, 6.07) is 2.00. The number of aromatic nitrogens is 3. The summed E-state index contributed by atoms with van der Waals surface area (Å²) in [4.78, 5) is 44.6. The van der Waals surface area contributed by atoms with Crippen LogP contribution in [0.15, 0.2) is 12.3 Å². The second kappa shape index (κ2) is 10.9. The number of anilines is 2. The Morgan fingerprint density at radius 1 is 1.16 bits per heavy atom. The number of carbonyl (C=O) groups excluding carboxylic acids is 2. The van der Waals surface area contributed by atoms with Crippen LogP contribution >= 0.6 is 11.3 Å². The maximum atomic E-state index is 13.6. The smallest absolute Gasteiger partial charge is 0.410 e. The number of nitrogens with zero attached hydrogens (tertiary/aromatic N) is 5. The van der Waals surface area contributed by atoms with Crippen LogP contribution < -0.4 is 5.32 Å². The van der Waals surface area contributed by atoms with Crippen molar-refractivity contribution in [1.29, 1.82) is 0 Å². The monoisotopic (exact) mass is 528 g/mol. The number of likely N-dealkylation sites (tertiary alicyclic amines) is 2.